The highest BCUT2D eigenvalue weighted by atomic mass is 16.1. The fraction of sp³-hybridized carbons (Fsp3) is 0.188. The highest BCUT2D eigenvalue weighted by molar-refractivity contribution is 6.00. The molecule has 1 heterocycles. The first kappa shape index (κ1) is 11.0. The van der Waals surface area contributed by atoms with Gasteiger partial charge in [-0.25, -0.2) is 0 Å². The number of benzene rings is 2. The van der Waals surface area contributed by atoms with Gasteiger partial charge in [0.2, 0.25) is 5.91 Å². The Kier molecular flexibility index (Phi) is 2.44. The van der Waals surface area contributed by atoms with Gasteiger partial charge >= 0.3 is 0 Å². The summed E-state index contributed by atoms with van der Waals surface area (Å²) in [7, 11) is 0. The molecule has 18 heavy (non-hydrogen) atoms. The van der Waals surface area contributed by atoms with E-state index < -0.39 is 0 Å². The number of carbonyl (C=O) groups is 1. The molecule has 0 radical (unpaired) electrons. The number of fused-ring (bicyclic) bond motifs is 1. The number of hydrogen-bond donors (Lipinski definition) is 1. The number of nitrogens with one attached hydrogen (secondary N) is 1. The van der Waals surface area contributed by atoms with Gasteiger partial charge in [-0.05, 0) is 47.7 Å². The summed E-state index contributed by atoms with van der Waals surface area (Å²) in [5, 5.41) is 2.92. The molecule has 2 nitrogen and oxygen atoms in total. The van der Waals surface area contributed by atoms with Gasteiger partial charge in [0.15, 0.2) is 0 Å². The zero-order valence-electron chi connectivity index (χ0n) is 10.6. The molecule has 0 bridgehead atoms. The van der Waals surface area contributed by atoms with Gasteiger partial charge < -0.3 is 5.32 Å². The molecule has 0 spiro atoms. The molecule has 0 atom stereocenters. The molecular formula is C16H15NO. The maximum atomic E-state index is 11.4. The Labute approximate surface area is 107 Å². The monoisotopic (exact) mass is 237 g/mol. The van der Waals surface area contributed by atoms with E-state index in [9.17, 15) is 4.79 Å². The van der Waals surface area contributed by atoms with Crippen LogP contribution < -0.4 is 5.32 Å². The lowest BCUT2D eigenvalue weighted by Crippen LogP contribution is -2.03. The average molecular weight is 237 g/mol. The fourth-order valence-electron chi connectivity index (χ4n) is 2.56. The van der Waals surface area contributed by atoms with Crippen LogP contribution in [0.2, 0.25) is 0 Å². The third-order valence-corrected chi connectivity index (χ3v) is 3.51. The first-order valence-electron chi connectivity index (χ1n) is 6.14. The topological polar surface area (TPSA) is 29.1 Å². The smallest absolute Gasteiger partial charge is 0.228 e. The minimum absolute atomic E-state index is 0.0892. The van der Waals surface area contributed by atoms with E-state index in [1.807, 2.05) is 12.1 Å². The second-order valence-corrected chi connectivity index (χ2v) is 4.86. The Morgan fingerprint density at radius 3 is 2.56 bits per heavy atom. The van der Waals surface area contributed by atoms with E-state index in [2.05, 4.69) is 43.4 Å². The molecule has 1 aliphatic heterocycles. The highest BCUT2D eigenvalue weighted by Gasteiger charge is 2.19. The molecule has 90 valence electrons. The van der Waals surface area contributed by atoms with E-state index >= 15 is 0 Å². The second kappa shape index (κ2) is 3.98. The number of rotatable bonds is 1. The van der Waals surface area contributed by atoms with Gasteiger partial charge in [-0.2, -0.15) is 0 Å². The lowest BCUT2D eigenvalue weighted by Gasteiger charge is -2.11. The quantitative estimate of drug-likeness (QED) is 0.808. The molecule has 2 aromatic rings. The van der Waals surface area contributed by atoms with Gasteiger partial charge in [0.05, 0.1) is 6.42 Å². The summed E-state index contributed by atoms with van der Waals surface area (Å²) >= 11 is 0. The van der Waals surface area contributed by atoms with Crippen molar-refractivity contribution >= 4 is 11.6 Å². The Morgan fingerprint density at radius 2 is 1.78 bits per heavy atom. The number of hydrogen-bond acceptors (Lipinski definition) is 1. The van der Waals surface area contributed by atoms with Crippen LogP contribution in [0.1, 0.15) is 16.7 Å². The normalized spacial score (nSPS) is 13.3. The van der Waals surface area contributed by atoms with Crippen LogP contribution in [-0.2, 0) is 11.2 Å². The first-order chi connectivity index (χ1) is 8.65. The van der Waals surface area contributed by atoms with Crippen molar-refractivity contribution in [1.82, 2.24) is 0 Å². The molecule has 1 aliphatic rings. The van der Waals surface area contributed by atoms with Crippen molar-refractivity contribution < 1.29 is 4.79 Å². The van der Waals surface area contributed by atoms with Crippen LogP contribution in [0, 0.1) is 13.8 Å². The lowest BCUT2D eigenvalue weighted by atomic mass is 9.94. The van der Waals surface area contributed by atoms with Gasteiger partial charge in [0, 0.05) is 5.69 Å². The minimum atomic E-state index is 0.0892. The van der Waals surface area contributed by atoms with Crippen molar-refractivity contribution in [3.05, 3.63) is 53.1 Å². The maximum Gasteiger partial charge on any atom is 0.228 e. The van der Waals surface area contributed by atoms with Crippen LogP contribution >= 0.6 is 0 Å². The molecule has 0 saturated heterocycles. The van der Waals surface area contributed by atoms with Crippen molar-refractivity contribution in [3.63, 3.8) is 0 Å². The van der Waals surface area contributed by atoms with Crippen molar-refractivity contribution in [2.24, 2.45) is 0 Å². The number of anilines is 1. The summed E-state index contributed by atoms with van der Waals surface area (Å²) in [6, 6.07) is 12.5. The number of amides is 1. The molecule has 2 aromatic carbocycles. The van der Waals surface area contributed by atoms with Gasteiger partial charge in [-0.1, -0.05) is 30.3 Å². The van der Waals surface area contributed by atoms with Crippen LogP contribution in [0.15, 0.2) is 36.4 Å². The molecule has 2 heteroatoms. The third kappa shape index (κ3) is 1.70. The van der Waals surface area contributed by atoms with Crippen LogP contribution in [0.5, 0.6) is 0 Å². The average Bonchev–Trinajstić information content (AvgIpc) is 2.68. The van der Waals surface area contributed by atoms with E-state index in [0.717, 1.165) is 11.3 Å². The summed E-state index contributed by atoms with van der Waals surface area (Å²) in [6.45, 7) is 4.21. The summed E-state index contributed by atoms with van der Waals surface area (Å²) < 4.78 is 0. The zero-order valence-corrected chi connectivity index (χ0v) is 10.6. The van der Waals surface area contributed by atoms with E-state index in [4.69, 9.17) is 0 Å². The largest absolute Gasteiger partial charge is 0.326 e. The van der Waals surface area contributed by atoms with Gasteiger partial charge in [-0.3, -0.25) is 4.79 Å². The van der Waals surface area contributed by atoms with Crippen LogP contribution in [0.3, 0.4) is 0 Å². The van der Waals surface area contributed by atoms with E-state index in [1.165, 1.54) is 22.3 Å². The predicted octanol–water partition coefficient (Wildman–Crippen LogP) is 3.47. The number of aryl methyl sites for hydroxylation is 2. The van der Waals surface area contributed by atoms with Crippen molar-refractivity contribution in [1.29, 1.82) is 0 Å². The lowest BCUT2D eigenvalue weighted by molar-refractivity contribution is -0.115. The molecule has 0 fully saturated rings. The molecule has 0 saturated carbocycles. The van der Waals surface area contributed by atoms with Crippen molar-refractivity contribution in [3.8, 4) is 11.1 Å². The van der Waals surface area contributed by atoms with Crippen LogP contribution in [-0.4, -0.2) is 5.91 Å². The highest BCUT2D eigenvalue weighted by Crippen LogP contribution is 2.33. The molecule has 1 N–H and O–H groups in total. The molecule has 0 aromatic heterocycles. The third-order valence-electron chi connectivity index (χ3n) is 3.51. The Hall–Kier alpha value is -2.09. The summed E-state index contributed by atoms with van der Waals surface area (Å²) in [5.74, 6) is 0.0892. The zero-order chi connectivity index (χ0) is 12.7. The summed E-state index contributed by atoms with van der Waals surface area (Å²) in [6.07, 6.45) is 0.504. The number of carbonyl (C=O) groups excluding carboxylic acids is 1. The van der Waals surface area contributed by atoms with E-state index in [0.29, 0.717) is 6.42 Å². The molecule has 1 amide bonds. The molecule has 0 unspecified atom stereocenters. The molecule has 0 aliphatic carbocycles. The van der Waals surface area contributed by atoms with Crippen LogP contribution in [0.25, 0.3) is 11.1 Å². The van der Waals surface area contributed by atoms with Crippen molar-refractivity contribution in [2.45, 2.75) is 20.3 Å². The maximum absolute atomic E-state index is 11.4. The summed E-state index contributed by atoms with van der Waals surface area (Å²) in [4.78, 5) is 11.4. The van der Waals surface area contributed by atoms with Gasteiger partial charge in [0.25, 0.3) is 0 Å². The Bertz CT molecular complexity index is 644. The van der Waals surface area contributed by atoms with Gasteiger partial charge in [0.1, 0.15) is 0 Å². The fourth-order valence-corrected chi connectivity index (χ4v) is 2.56. The molecular weight excluding hydrogens is 222 g/mol. The van der Waals surface area contributed by atoms with E-state index in [-0.39, 0.29) is 5.91 Å². The van der Waals surface area contributed by atoms with E-state index in [1.54, 1.807) is 0 Å². The SMILES string of the molecule is Cc1ccccc1-c1cc2c(cc1C)CC(=O)N2. The van der Waals surface area contributed by atoms with Gasteiger partial charge in [-0.15, -0.1) is 0 Å². The Morgan fingerprint density at radius 1 is 1.00 bits per heavy atom. The predicted molar refractivity (Wildman–Crippen MR) is 73.7 cm³/mol. The molecule has 3 rings (SSSR count). The first-order valence-corrected chi connectivity index (χ1v) is 6.14. The van der Waals surface area contributed by atoms with Crippen molar-refractivity contribution in [2.75, 3.05) is 5.32 Å². The summed E-state index contributed by atoms with van der Waals surface area (Å²) in [5.41, 5.74) is 6.98. The Balaban J connectivity index is 2.18. The van der Waals surface area contributed by atoms with Crippen LogP contribution in [0.4, 0.5) is 5.69 Å². The minimum Gasteiger partial charge on any atom is -0.326 e. The standard InChI is InChI=1S/C16H15NO/c1-10-5-3-4-6-13(10)14-9-15-12(7-11(14)2)8-16(18)17-15/h3-7,9H,8H2,1-2H3,(H,17,18). The second-order valence-electron chi connectivity index (χ2n) is 4.86.